The number of allylic oxidation sites excluding steroid dienone is 1. The van der Waals surface area contributed by atoms with Gasteiger partial charge < -0.3 is 4.74 Å². The molecule has 4 nitrogen and oxygen atoms in total. The monoisotopic (exact) mass is 208 g/mol. The van der Waals surface area contributed by atoms with Crippen molar-refractivity contribution in [3.63, 3.8) is 0 Å². The molecule has 0 aromatic carbocycles. The smallest absolute Gasteiger partial charge is 0.330 e. The van der Waals surface area contributed by atoms with Crippen LogP contribution in [-0.4, -0.2) is 22.9 Å². The van der Waals surface area contributed by atoms with Crippen molar-refractivity contribution in [1.82, 2.24) is 9.78 Å². The number of aryl methyl sites for hydroxylation is 2. The van der Waals surface area contributed by atoms with Gasteiger partial charge >= 0.3 is 5.97 Å². The molecule has 1 rings (SSSR count). The number of carbonyl (C=O) groups excluding carboxylic acids is 1. The number of aromatic nitrogens is 2. The van der Waals surface area contributed by atoms with Crippen molar-refractivity contribution < 1.29 is 9.53 Å². The van der Waals surface area contributed by atoms with Crippen molar-refractivity contribution in [1.29, 1.82) is 0 Å². The molecule has 1 aromatic rings. The molecule has 1 heterocycles. The van der Waals surface area contributed by atoms with Crippen LogP contribution in [0.5, 0.6) is 0 Å². The lowest BCUT2D eigenvalue weighted by atomic mass is 10.1. The van der Waals surface area contributed by atoms with Crippen LogP contribution in [0.15, 0.2) is 6.08 Å². The Morgan fingerprint density at radius 1 is 1.47 bits per heavy atom. The molecule has 0 aliphatic heterocycles. The molecule has 0 radical (unpaired) electrons. The summed E-state index contributed by atoms with van der Waals surface area (Å²) in [5.41, 5.74) is 3.87. The van der Waals surface area contributed by atoms with E-state index < -0.39 is 0 Å². The molecule has 0 unspecified atom stereocenters. The second kappa shape index (κ2) is 4.29. The highest BCUT2D eigenvalue weighted by molar-refractivity contribution is 5.91. The average Bonchev–Trinajstić information content (AvgIpc) is 2.41. The lowest BCUT2D eigenvalue weighted by Gasteiger charge is -2.01. The number of methoxy groups -OCH3 is 1. The predicted octanol–water partition coefficient (Wildman–Crippen LogP) is 1.61. The Morgan fingerprint density at radius 2 is 2.07 bits per heavy atom. The van der Waals surface area contributed by atoms with Crippen LogP contribution in [0.3, 0.4) is 0 Å². The second-order valence-corrected chi connectivity index (χ2v) is 3.52. The third-order valence-electron chi connectivity index (χ3n) is 2.44. The molecule has 0 atom stereocenters. The van der Waals surface area contributed by atoms with Crippen molar-refractivity contribution in [2.24, 2.45) is 7.05 Å². The summed E-state index contributed by atoms with van der Waals surface area (Å²) in [4.78, 5) is 11.1. The van der Waals surface area contributed by atoms with Gasteiger partial charge in [-0.15, -0.1) is 0 Å². The first-order valence-corrected chi connectivity index (χ1v) is 4.74. The third-order valence-corrected chi connectivity index (χ3v) is 2.44. The third kappa shape index (κ3) is 2.26. The Morgan fingerprint density at radius 3 is 2.47 bits per heavy atom. The molecule has 0 fully saturated rings. The molecule has 0 N–H and O–H groups in total. The lowest BCUT2D eigenvalue weighted by molar-refractivity contribution is -0.134. The zero-order valence-electron chi connectivity index (χ0n) is 9.79. The van der Waals surface area contributed by atoms with Crippen LogP contribution in [0.2, 0.25) is 0 Å². The lowest BCUT2D eigenvalue weighted by Crippen LogP contribution is -1.97. The highest BCUT2D eigenvalue weighted by Crippen LogP contribution is 2.21. The van der Waals surface area contributed by atoms with E-state index in [1.165, 1.54) is 13.2 Å². The zero-order valence-corrected chi connectivity index (χ0v) is 9.79. The van der Waals surface area contributed by atoms with Gasteiger partial charge in [-0.05, 0) is 26.3 Å². The summed E-state index contributed by atoms with van der Waals surface area (Å²) in [5, 5.41) is 4.29. The number of esters is 1. The van der Waals surface area contributed by atoms with Crippen LogP contribution in [0, 0.1) is 13.8 Å². The molecule has 1 aromatic heterocycles. The van der Waals surface area contributed by atoms with E-state index in [1.54, 1.807) is 4.68 Å². The molecule has 0 bridgehead atoms. The van der Waals surface area contributed by atoms with E-state index in [2.05, 4.69) is 9.84 Å². The highest BCUT2D eigenvalue weighted by Gasteiger charge is 2.11. The largest absolute Gasteiger partial charge is 0.466 e. The van der Waals surface area contributed by atoms with Crippen LogP contribution < -0.4 is 0 Å². The Kier molecular flexibility index (Phi) is 3.29. The number of hydrogen-bond donors (Lipinski definition) is 0. The fourth-order valence-electron chi connectivity index (χ4n) is 1.65. The fraction of sp³-hybridized carbons (Fsp3) is 0.455. The van der Waals surface area contributed by atoms with Gasteiger partial charge in [-0.3, -0.25) is 4.68 Å². The molecule has 0 saturated heterocycles. The van der Waals surface area contributed by atoms with Crippen molar-refractivity contribution in [2.75, 3.05) is 7.11 Å². The maximum atomic E-state index is 11.1. The van der Waals surface area contributed by atoms with Gasteiger partial charge in [-0.1, -0.05) is 0 Å². The molecular formula is C11H16N2O2. The quantitative estimate of drug-likeness (QED) is 0.548. The normalized spacial score (nSPS) is 11.7. The maximum Gasteiger partial charge on any atom is 0.330 e. The van der Waals surface area contributed by atoms with E-state index >= 15 is 0 Å². The van der Waals surface area contributed by atoms with E-state index in [1.807, 2.05) is 27.8 Å². The van der Waals surface area contributed by atoms with Crippen LogP contribution in [0.4, 0.5) is 0 Å². The molecular weight excluding hydrogens is 192 g/mol. The van der Waals surface area contributed by atoms with Gasteiger partial charge in [0.1, 0.15) is 0 Å². The molecule has 0 aliphatic carbocycles. The number of nitrogens with zero attached hydrogens (tertiary/aromatic N) is 2. The maximum absolute atomic E-state index is 11.1. The summed E-state index contributed by atoms with van der Waals surface area (Å²) in [6, 6.07) is 0. The Balaban J connectivity index is 3.16. The predicted molar refractivity (Wildman–Crippen MR) is 58.3 cm³/mol. The first kappa shape index (κ1) is 11.5. The molecule has 15 heavy (non-hydrogen) atoms. The molecule has 0 amide bonds. The highest BCUT2D eigenvalue weighted by atomic mass is 16.5. The Bertz CT molecular complexity index is 416. The Labute approximate surface area is 89.5 Å². The summed E-state index contributed by atoms with van der Waals surface area (Å²) >= 11 is 0. The SMILES string of the molecule is COC(=O)/C=C(/C)c1c(C)nn(C)c1C. The topological polar surface area (TPSA) is 44.1 Å². The van der Waals surface area contributed by atoms with Crippen molar-refractivity contribution in [2.45, 2.75) is 20.8 Å². The fourth-order valence-corrected chi connectivity index (χ4v) is 1.65. The first-order valence-electron chi connectivity index (χ1n) is 4.74. The first-order chi connectivity index (χ1) is 6.97. The van der Waals surface area contributed by atoms with E-state index in [0.29, 0.717) is 0 Å². The van der Waals surface area contributed by atoms with Gasteiger partial charge in [-0.2, -0.15) is 5.10 Å². The van der Waals surface area contributed by atoms with Gasteiger partial charge in [-0.25, -0.2) is 4.79 Å². The minimum Gasteiger partial charge on any atom is -0.466 e. The average molecular weight is 208 g/mol. The van der Waals surface area contributed by atoms with Gasteiger partial charge in [0.05, 0.1) is 12.8 Å². The molecule has 0 aliphatic rings. The van der Waals surface area contributed by atoms with Crippen LogP contribution in [0.25, 0.3) is 5.57 Å². The van der Waals surface area contributed by atoms with Gasteiger partial charge in [0.2, 0.25) is 0 Å². The second-order valence-electron chi connectivity index (χ2n) is 3.52. The standard InChI is InChI=1S/C11H16N2O2/c1-7(6-10(14)15-5)11-8(2)12-13(4)9(11)3/h6H,1-5H3/b7-6-. The summed E-state index contributed by atoms with van der Waals surface area (Å²) in [5.74, 6) is -0.338. The summed E-state index contributed by atoms with van der Waals surface area (Å²) < 4.78 is 6.39. The molecule has 0 saturated carbocycles. The van der Waals surface area contributed by atoms with Crippen LogP contribution in [-0.2, 0) is 16.6 Å². The summed E-state index contributed by atoms with van der Waals surface area (Å²) in [7, 11) is 3.26. The number of hydrogen-bond acceptors (Lipinski definition) is 3. The zero-order chi connectivity index (χ0) is 11.6. The Hall–Kier alpha value is -1.58. The van der Waals surface area contributed by atoms with Crippen molar-refractivity contribution >= 4 is 11.5 Å². The number of rotatable bonds is 2. The van der Waals surface area contributed by atoms with E-state index in [-0.39, 0.29) is 5.97 Å². The van der Waals surface area contributed by atoms with Crippen molar-refractivity contribution in [3.8, 4) is 0 Å². The number of carbonyl (C=O) groups is 1. The van der Waals surface area contributed by atoms with Gasteiger partial charge in [0.15, 0.2) is 0 Å². The minimum atomic E-state index is -0.338. The molecule has 82 valence electrons. The molecule has 0 spiro atoms. The van der Waals surface area contributed by atoms with Gasteiger partial charge in [0.25, 0.3) is 0 Å². The minimum absolute atomic E-state index is 0.338. The molecule has 4 heteroatoms. The van der Waals surface area contributed by atoms with Crippen molar-refractivity contribution in [3.05, 3.63) is 23.0 Å². The van der Waals surface area contributed by atoms with E-state index in [0.717, 1.165) is 22.5 Å². The number of ether oxygens (including phenoxy) is 1. The van der Waals surface area contributed by atoms with Crippen LogP contribution >= 0.6 is 0 Å². The van der Waals surface area contributed by atoms with E-state index in [9.17, 15) is 4.79 Å². The van der Waals surface area contributed by atoms with Crippen LogP contribution in [0.1, 0.15) is 23.9 Å². The summed E-state index contributed by atoms with van der Waals surface area (Å²) in [6.07, 6.45) is 1.48. The summed E-state index contributed by atoms with van der Waals surface area (Å²) in [6.45, 7) is 5.79. The van der Waals surface area contributed by atoms with E-state index in [4.69, 9.17) is 0 Å². The van der Waals surface area contributed by atoms with Gasteiger partial charge in [0, 0.05) is 24.4 Å².